The van der Waals surface area contributed by atoms with Crippen molar-refractivity contribution in [1.29, 1.82) is 0 Å². The number of nitrogens with zero attached hydrogens (tertiary/aromatic N) is 1. The molecule has 1 aromatic heterocycles. The number of methoxy groups -OCH3 is 1. The maximum atomic E-state index is 5.97. The zero-order valence-corrected chi connectivity index (χ0v) is 16.5. The van der Waals surface area contributed by atoms with E-state index in [2.05, 4.69) is 56.9 Å². The Hall–Kier alpha value is -1.87. The van der Waals surface area contributed by atoms with Crippen molar-refractivity contribution in [2.75, 3.05) is 7.11 Å². The first-order chi connectivity index (χ1) is 12.0. The van der Waals surface area contributed by atoms with Crippen LogP contribution in [0.15, 0.2) is 42.7 Å². The molecule has 0 saturated carbocycles. The summed E-state index contributed by atoms with van der Waals surface area (Å²) in [6, 6.07) is 10.8. The fraction of sp³-hybridized carbons (Fsp3) is 0.500. The molecule has 0 radical (unpaired) electrons. The molecule has 1 atom stereocenters. The number of rotatable bonds is 7. The number of pyridine rings is 1. The van der Waals surface area contributed by atoms with E-state index in [0.717, 1.165) is 31.4 Å². The Morgan fingerprint density at radius 3 is 2.32 bits per heavy atom. The van der Waals surface area contributed by atoms with Gasteiger partial charge in [-0.1, -0.05) is 45.9 Å². The largest absolute Gasteiger partial charge is 0.496 e. The van der Waals surface area contributed by atoms with Gasteiger partial charge in [0.25, 0.3) is 0 Å². The number of hydrogen-bond acceptors (Lipinski definition) is 3. The molecule has 1 heterocycles. The highest BCUT2D eigenvalue weighted by molar-refractivity contribution is 5.38. The summed E-state index contributed by atoms with van der Waals surface area (Å²) in [4.78, 5) is 3.96. The summed E-state index contributed by atoms with van der Waals surface area (Å²) in [6.07, 6.45) is 7.75. The monoisotopic (exact) mass is 342 g/mol. The molecule has 1 unspecified atom stereocenters. The SMILES string of the molecule is CCC(N)Cc1ccc(CC(C)C)c(OC)c1.CCc1cccnc1. The Balaban J connectivity index is 0.000000324. The summed E-state index contributed by atoms with van der Waals surface area (Å²) in [7, 11) is 1.74. The molecule has 3 nitrogen and oxygen atoms in total. The van der Waals surface area contributed by atoms with E-state index in [1.165, 1.54) is 16.7 Å². The van der Waals surface area contributed by atoms with Gasteiger partial charge in [0.15, 0.2) is 0 Å². The highest BCUT2D eigenvalue weighted by Crippen LogP contribution is 2.23. The lowest BCUT2D eigenvalue weighted by atomic mass is 9.98. The van der Waals surface area contributed by atoms with Gasteiger partial charge in [0.05, 0.1) is 7.11 Å². The van der Waals surface area contributed by atoms with E-state index in [4.69, 9.17) is 10.5 Å². The number of nitrogens with two attached hydrogens (primary N) is 1. The average Bonchev–Trinajstić information content (AvgIpc) is 2.63. The van der Waals surface area contributed by atoms with E-state index in [9.17, 15) is 0 Å². The minimum atomic E-state index is 0.246. The average molecular weight is 343 g/mol. The fourth-order valence-electron chi connectivity index (χ4n) is 2.58. The maximum Gasteiger partial charge on any atom is 0.122 e. The van der Waals surface area contributed by atoms with E-state index in [-0.39, 0.29) is 6.04 Å². The molecule has 0 saturated heterocycles. The van der Waals surface area contributed by atoms with Gasteiger partial charge in [0.2, 0.25) is 0 Å². The molecule has 0 amide bonds. The second kappa shape index (κ2) is 11.6. The lowest BCUT2D eigenvalue weighted by Crippen LogP contribution is -2.21. The van der Waals surface area contributed by atoms with Crippen LogP contribution < -0.4 is 10.5 Å². The predicted molar refractivity (Wildman–Crippen MR) is 107 cm³/mol. The van der Waals surface area contributed by atoms with Crippen LogP contribution in [-0.2, 0) is 19.3 Å². The topological polar surface area (TPSA) is 48.1 Å². The summed E-state index contributed by atoms with van der Waals surface area (Å²) in [5, 5.41) is 0. The third-order valence-corrected chi connectivity index (χ3v) is 4.13. The summed E-state index contributed by atoms with van der Waals surface area (Å²) < 4.78 is 5.46. The van der Waals surface area contributed by atoms with Crippen molar-refractivity contribution in [2.45, 2.75) is 59.4 Å². The van der Waals surface area contributed by atoms with Crippen LogP contribution in [0.4, 0.5) is 0 Å². The molecular formula is C22H34N2O. The van der Waals surface area contributed by atoms with Gasteiger partial charge < -0.3 is 10.5 Å². The Morgan fingerprint density at radius 1 is 1.08 bits per heavy atom. The third-order valence-electron chi connectivity index (χ3n) is 4.13. The van der Waals surface area contributed by atoms with Gasteiger partial charge in [-0.15, -0.1) is 0 Å². The van der Waals surface area contributed by atoms with Crippen LogP contribution in [0.1, 0.15) is 50.8 Å². The van der Waals surface area contributed by atoms with Crippen LogP contribution in [0, 0.1) is 5.92 Å². The molecule has 2 aromatic rings. The second-order valence-electron chi connectivity index (χ2n) is 6.83. The molecule has 0 spiro atoms. The number of ether oxygens (including phenoxy) is 1. The van der Waals surface area contributed by atoms with Gasteiger partial charge in [0.1, 0.15) is 5.75 Å². The van der Waals surface area contributed by atoms with E-state index in [1.54, 1.807) is 13.3 Å². The Bertz CT molecular complexity index is 596. The first-order valence-corrected chi connectivity index (χ1v) is 9.30. The number of hydrogen-bond donors (Lipinski definition) is 1. The molecule has 2 rings (SSSR count). The van der Waals surface area contributed by atoms with Crippen molar-refractivity contribution >= 4 is 0 Å². The minimum absolute atomic E-state index is 0.246. The van der Waals surface area contributed by atoms with Crippen molar-refractivity contribution < 1.29 is 4.74 Å². The molecule has 0 bridgehead atoms. The number of aryl methyl sites for hydroxylation is 1. The predicted octanol–water partition coefficient (Wildman–Crippen LogP) is 4.82. The van der Waals surface area contributed by atoms with Gasteiger partial charge in [-0.3, -0.25) is 4.98 Å². The van der Waals surface area contributed by atoms with Crippen LogP contribution in [-0.4, -0.2) is 18.1 Å². The molecule has 0 aliphatic heterocycles. The van der Waals surface area contributed by atoms with Crippen LogP contribution in [0.2, 0.25) is 0 Å². The normalized spacial score (nSPS) is 11.6. The van der Waals surface area contributed by atoms with Crippen molar-refractivity contribution in [3.63, 3.8) is 0 Å². The summed E-state index contributed by atoms with van der Waals surface area (Å²) in [5.74, 6) is 1.65. The quantitative estimate of drug-likeness (QED) is 0.785. The molecule has 138 valence electrons. The minimum Gasteiger partial charge on any atom is -0.496 e. The van der Waals surface area contributed by atoms with Crippen LogP contribution >= 0.6 is 0 Å². The summed E-state index contributed by atoms with van der Waals surface area (Å²) >= 11 is 0. The standard InChI is InChI=1S/C15H25NO.C7H9N/c1-5-14(16)9-12-6-7-13(8-11(2)3)15(10-12)17-4;1-2-7-4-3-5-8-6-7/h6-7,10-11,14H,5,8-9,16H2,1-4H3;3-6H,2H2,1H3. The molecule has 25 heavy (non-hydrogen) atoms. The number of benzene rings is 1. The van der Waals surface area contributed by atoms with Gasteiger partial charge in [-0.25, -0.2) is 0 Å². The van der Waals surface area contributed by atoms with Gasteiger partial charge in [-0.05, 0) is 60.4 Å². The van der Waals surface area contributed by atoms with Gasteiger partial charge in [0, 0.05) is 18.4 Å². The van der Waals surface area contributed by atoms with Gasteiger partial charge >= 0.3 is 0 Å². The van der Waals surface area contributed by atoms with E-state index in [0.29, 0.717) is 5.92 Å². The highest BCUT2D eigenvalue weighted by Gasteiger charge is 2.08. The fourth-order valence-corrected chi connectivity index (χ4v) is 2.58. The van der Waals surface area contributed by atoms with E-state index in [1.807, 2.05) is 12.3 Å². The molecule has 2 N–H and O–H groups in total. The second-order valence-corrected chi connectivity index (χ2v) is 6.83. The smallest absolute Gasteiger partial charge is 0.122 e. The molecule has 1 aromatic carbocycles. The number of aromatic nitrogens is 1. The molecular weight excluding hydrogens is 308 g/mol. The van der Waals surface area contributed by atoms with Crippen LogP contribution in [0.25, 0.3) is 0 Å². The highest BCUT2D eigenvalue weighted by atomic mass is 16.5. The van der Waals surface area contributed by atoms with Crippen molar-refractivity contribution in [2.24, 2.45) is 11.7 Å². The molecule has 0 aliphatic rings. The Labute approximate surface area is 153 Å². The zero-order valence-electron chi connectivity index (χ0n) is 16.5. The van der Waals surface area contributed by atoms with Gasteiger partial charge in [-0.2, -0.15) is 0 Å². The Morgan fingerprint density at radius 2 is 1.84 bits per heavy atom. The summed E-state index contributed by atoms with van der Waals surface area (Å²) in [5.41, 5.74) is 9.83. The van der Waals surface area contributed by atoms with Crippen molar-refractivity contribution in [3.05, 3.63) is 59.4 Å². The van der Waals surface area contributed by atoms with Crippen molar-refractivity contribution in [1.82, 2.24) is 4.98 Å². The lowest BCUT2D eigenvalue weighted by Gasteiger charge is -2.14. The Kier molecular flexibility index (Phi) is 9.86. The lowest BCUT2D eigenvalue weighted by molar-refractivity contribution is 0.406. The molecule has 0 fully saturated rings. The van der Waals surface area contributed by atoms with Crippen LogP contribution in [0.5, 0.6) is 5.75 Å². The zero-order chi connectivity index (χ0) is 18.7. The van der Waals surface area contributed by atoms with E-state index < -0.39 is 0 Å². The first kappa shape index (κ1) is 21.2. The van der Waals surface area contributed by atoms with E-state index >= 15 is 0 Å². The molecule has 0 aliphatic carbocycles. The maximum absolute atomic E-state index is 5.97. The third kappa shape index (κ3) is 8.17. The van der Waals surface area contributed by atoms with Crippen molar-refractivity contribution in [3.8, 4) is 5.75 Å². The summed E-state index contributed by atoms with van der Waals surface area (Å²) in [6.45, 7) is 8.69. The first-order valence-electron chi connectivity index (χ1n) is 9.30. The van der Waals surface area contributed by atoms with Crippen LogP contribution in [0.3, 0.4) is 0 Å². The molecule has 3 heteroatoms.